The van der Waals surface area contributed by atoms with Crippen molar-refractivity contribution in [2.75, 3.05) is 10.7 Å². The van der Waals surface area contributed by atoms with Crippen LogP contribution in [0.5, 0.6) is 0 Å². The van der Waals surface area contributed by atoms with Crippen LogP contribution in [0, 0.1) is 10.1 Å². The minimum Gasteiger partial charge on any atom is -0.306 e. The number of nitro benzene ring substituents is 1. The average molecular weight is 274 g/mol. The van der Waals surface area contributed by atoms with Crippen molar-refractivity contribution in [1.29, 1.82) is 0 Å². The van der Waals surface area contributed by atoms with Gasteiger partial charge in [-0.3, -0.25) is 20.5 Å². The van der Waals surface area contributed by atoms with E-state index in [2.05, 4.69) is 26.1 Å². The maximum Gasteiger partial charge on any atom is 0.337 e. The number of anilines is 2. The fourth-order valence-electron chi connectivity index (χ4n) is 1.34. The predicted octanol–water partition coefficient (Wildman–Crippen LogP) is 1.53. The summed E-state index contributed by atoms with van der Waals surface area (Å²) in [6, 6.07) is 5.01. The lowest BCUT2D eigenvalue weighted by Crippen LogP contribution is -2.33. The maximum atomic E-state index is 11.6. The van der Waals surface area contributed by atoms with Gasteiger partial charge in [0.15, 0.2) is 5.82 Å². The number of rotatable bonds is 4. The zero-order valence-corrected chi connectivity index (χ0v) is 10.1. The van der Waals surface area contributed by atoms with Gasteiger partial charge in [-0.05, 0) is 6.07 Å². The molecule has 0 radical (unpaired) electrons. The SMILES string of the molecule is O=C(NNc1cnccn1)Nc1cccc([N+](=O)[O-])c1. The van der Waals surface area contributed by atoms with Gasteiger partial charge in [-0.25, -0.2) is 15.2 Å². The Balaban J connectivity index is 1.91. The van der Waals surface area contributed by atoms with Gasteiger partial charge in [0.1, 0.15) is 0 Å². The molecule has 1 heterocycles. The van der Waals surface area contributed by atoms with Gasteiger partial charge in [0.2, 0.25) is 0 Å². The Labute approximate surface area is 113 Å². The molecule has 0 aliphatic heterocycles. The largest absolute Gasteiger partial charge is 0.337 e. The lowest BCUT2D eigenvalue weighted by atomic mass is 10.3. The highest BCUT2D eigenvalue weighted by Crippen LogP contribution is 2.16. The zero-order valence-electron chi connectivity index (χ0n) is 10.1. The first-order valence-electron chi connectivity index (χ1n) is 5.48. The number of aromatic nitrogens is 2. The lowest BCUT2D eigenvalue weighted by molar-refractivity contribution is -0.384. The molecule has 0 bridgehead atoms. The van der Waals surface area contributed by atoms with E-state index < -0.39 is 11.0 Å². The minimum absolute atomic E-state index is 0.107. The first-order chi connectivity index (χ1) is 9.65. The number of nitro groups is 1. The van der Waals surface area contributed by atoms with Crippen LogP contribution >= 0.6 is 0 Å². The van der Waals surface area contributed by atoms with E-state index in [1.807, 2.05) is 0 Å². The monoisotopic (exact) mass is 274 g/mol. The Morgan fingerprint density at radius 1 is 1.30 bits per heavy atom. The molecule has 9 heteroatoms. The summed E-state index contributed by atoms with van der Waals surface area (Å²) < 4.78 is 0. The van der Waals surface area contributed by atoms with Crippen LogP contribution in [0.15, 0.2) is 42.9 Å². The number of carbonyl (C=O) groups is 1. The third kappa shape index (κ3) is 3.63. The molecular weight excluding hydrogens is 264 g/mol. The molecule has 20 heavy (non-hydrogen) atoms. The average Bonchev–Trinajstić information content (AvgIpc) is 2.46. The Bertz CT molecular complexity index is 619. The molecule has 0 aliphatic rings. The van der Waals surface area contributed by atoms with Crippen LogP contribution in [-0.4, -0.2) is 20.9 Å². The van der Waals surface area contributed by atoms with Crippen molar-refractivity contribution in [1.82, 2.24) is 15.4 Å². The van der Waals surface area contributed by atoms with E-state index >= 15 is 0 Å². The zero-order chi connectivity index (χ0) is 14.4. The standard InChI is InChI=1S/C11H10N6O3/c18-11(16-15-10-7-12-4-5-13-10)14-8-2-1-3-9(6-8)17(19)20/h1-7H,(H,13,15)(H2,14,16,18). The van der Waals surface area contributed by atoms with Crippen LogP contribution in [0.4, 0.5) is 22.0 Å². The number of amides is 2. The summed E-state index contributed by atoms with van der Waals surface area (Å²) in [7, 11) is 0. The van der Waals surface area contributed by atoms with Crippen LogP contribution in [-0.2, 0) is 0 Å². The smallest absolute Gasteiger partial charge is 0.306 e. The van der Waals surface area contributed by atoms with Crippen molar-refractivity contribution in [3.63, 3.8) is 0 Å². The number of nitrogens with zero attached hydrogens (tertiary/aromatic N) is 3. The molecule has 0 aliphatic carbocycles. The molecule has 0 unspecified atom stereocenters. The first-order valence-corrected chi connectivity index (χ1v) is 5.48. The second-order valence-electron chi connectivity index (χ2n) is 3.60. The lowest BCUT2D eigenvalue weighted by Gasteiger charge is -2.08. The summed E-state index contributed by atoms with van der Waals surface area (Å²) in [6.45, 7) is 0. The van der Waals surface area contributed by atoms with Crippen LogP contribution in [0.25, 0.3) is 0 Å². The van der Waals surface area contributed by atoms with E-state index in [4.69, 9.17) is 0 Å². The Morgan fingerprint density at radius 2 is 2.15 bits per heavy atom. The van der Waals surface area contributed by atoms with Crippen molar-refractivity contribution >= 4 is 23.2 Å². The molecule has 1 aromatic heterocycles. The molecule has 2 aromatic rings. The summed E-state index contributed by atoms with van der Waals surface area (Å²) in [5.41, 5.74) is 5.05. The van der Waals surface area contributed by atoms with Gasteiger partial charge in [0.05, 0.1) is 11.1 Å². The fourth-order valence-corrected chi connectivity index (χ4v) is 1.34. The number of non-ortho nitro benzene ring substituents is 1. The Morgan fingerprint density at radius 3 is 2.85 bits per heavy atom. The van der Waals surface area contributed by atoms with E-state index in [0.717, 1.165) is 0 Å². The van der Waals surface area contributed by atoms with Crippen molar-refractivity contribution in [2.24, 2.45) is 0 Å². The number of hydrogen-bond acceptors (Lipinski definition) is 6. The Kier molecular flexibility index (Phi) is 4.02. The van der Waals surface area contributed by atoms with Gasteiger partial charge in [0, 0.05) is 30.2 Å². The van der Waals surface area contributed by atoms with E-state index in [9.17, 15) is 14.9 Å². The van der Waals surface area contributed by atoms with Crippen molar-refractivity contribution in [3.05, 3.63) is 53.0 Å². The van der Waals surface area contributed by atoms with Crippen LogP contribution in [0.3, 0.4) is 0 Å². The number of nitrogens with one attached hydrogen (secondary N) is 3. The predicted molar refractivity (Wildman–Crippen MR) is 70.9 cm³/mol. The molecule has 0 saturated carbocycles. The second kappa shape index (κ2) is 6.09. The third-order valence-electron chi connectivity index (χ3n) is 2.18. The normalized spacial score (nSPS) is 9.60. The molecule has 9 nitrogen and oxygen atoms in total. The van der Waals surface area contributed by atoms with Crippen molar-refractivity contribution in [3.8, 4) is 0 Å². The number of urea groups is 1. The minimum atomic E-state index is -0.587. The molecule has 2 rings (SSSR count). The van der Waals surface area contributed by atoms with Crippen molar-refractivity contribution < 1.29 is 9.72 Å². The topological polar surface area (TPSA) is 122 Å². The van der Waals surface area contributed by atoms with Crippen LogP contribution < -0.4 is 16.2 Å². The highest BCUT2D eigenvalue weighted by Gasteiger charge is 2.07. The molecule has 0 spiro atoms. The third-order valence-corrected chi connectivity index (χ3v) is 2.18. The summed E-state index contributed by atoms with van der Waals surface area (Å²) in [5.74, 6) is 0.363. The van der Waals surface area contributed by atoms with E-state index in [0.29, 0.717) is 11.5 Å². The molecule has 0 atom stereocenters. The van der Waals surface area contributed by atoms with Gasteiger partial charge in [-0.1, -0.05) is 6.07 Å². The van der Waals surface area contributed by atoms with E-state index in [-0.39, 0.29) is 5.69 Å². The number of hydrazine groups is 1. The summed E-state index contributed by atoms with van der Waals surface area (Å²) in [6.07, 6.45) is 4.38. The summed E-state index contributed by atoms with van der Waals surface area (Å²) >= 11 is 0. The van der Waals surface area contributed by atoms with Crippen molar-refractivity contribution in [2.45, 2.75) is 0 Å². The summed E-state index contributed by atoms with van der Waals surface area (Å²) in [5, 5.41) is 13.0. The van der Waals surface area contributed by atoms with Gasteiger partial charge in [-0.15, -0.1) is 0 Å². The Hall–Kier alpha value is -3.23. The molecule has 0 saturated heterocycles. The molecular formula is C11H10N6O3. The molecule has 2 amide bonds. The molecule has 3 N–H and O–H groups in total. The molecule has 0 fully saturated rings. The van der Waals surface area contributed by atoms with Gasteiger partial charge < -0.3 is 5.32 Å². The van der Waals surface area contributed by atoms with E-state index in [1.54, 1.807) is 0 Å². The maximum absolute atomic E-state index is 11.6. The van der Waals surface area contributed by atoms with Crippen LogP contribution in [0.2, 0.25) is 0 Å². The van der Waals surface area contributed by atoms with Gasteiger partial charge in [0.25, 0.3) is 5.69 Å². The highest BCUT2D eigenvalue weighted by atomic mass is 16.6. The quantitative estimate of drug-likeness (QED) is 0.574. The number of benzene rings is 1. The second-order valence-corrected chi connectivity index (χ2v) is 3.60. The number of carbonyl (C=O) groups excluding carboxylic acids is 1. The van der Waals surface area contributed by atoms with E-state index in [1.165, 1.54) is 42.9 Å². The first kappa shape index (κ1) is 13.2. The molecule has 1 aromatic carbocycles. The van der Waals surface area contributed by atoms with Crippen LogP contribution in [0.1, 0.15) is 0 Å². The summed E-state index contributed by atoms with van der Waals surface area (Å²) in [4.78, 5) is 29.3. The number of hydrogen-bond donors (Lipinski definition) is 3. The highest BCUT2D eigenvalue weighted by molar-refractivity contribution is 5.90. The van der Waals surface area contributed by atoms with Gasteiger partial charge >= 0.3 is 6.03 Å². The molecule has 102 valence electrons. The van der Waals surface area contributed by atoms with Gasteiger partial charge in [-0.2, -0.15) is 0 Å². The fraction of sp³-hybridized carbons (Fsp3) is 0.